The zero-order chi connectivity index (χ0) is 14.5. The van der Waals surface area contributed by atoms with Crippen LogP contribution in [0.2, 0.25) is 0 Å². The molecule has 21 heavy (non-hydrogen) atoms. The quantitative estimate of drug-likeness (QED) is 0.831. The maximum atomic E-state index is 11.9. The van der Waals surface area contributed by atoms with Gasteiger partial charge in [-0.15, -0.1) is 0 Å². The van der Waals surface area contributed by atoms with Crippen LogP contribution in [0.3, 0.4) is 0 Å². The van der Waals surface area contributed by atoms with E-state index in [1.54, 1.807) is 0 Å². The number of rotatable bonds is 5. The number of carbonyl (C=O) groups excluding carboxylic acids is 1. The summed E-state index contributed by atoms with van der Waals surface area (Å²) in [5.41, 5.74) is 0. The lowest BCUT2D eigenvalue weighted by molar-refractivity contribution is -0.129. The topological polar surface area (TPSA) is 50.8 Å². The fourth-order valence-electron chi connectivity index (χ4n) is 3.71. The van der Waals surface area contributed by atoms with Gasteiger partial charge in [0.05, 0.1) is 18.8 Å². The van der Waals surface area contributed by atoms with Gasteiger partial charge < -0.3 is 14.8 Å². The average Bonchev–Trinajstić information content (AvgIpc) is 2.99. The molecule has 2 saturated heterocycles. The van der Waals surface area contributed by atoms with Crippen molar-refractivity contribution in [2.75, 3.05) is 32.8 Å². The molecule has 2 aliphatic heterocycles. The molecule has 1 amide bonds. The highest BCUT2D eigenvalue weighted by atomic mass is 16.5. The van der Waals surface area contributed by atoms with Gasteiger partial charge in [0.2, 0.25) is 5.91 Å². The van der Waals surface area contributed by atoms with Gasteiger partial charge in [0, 0.05) is 19.1 Å². The Kier molecular flexibility index (Phi) is 5.49. The number of nitrogens with zero attached hydrogens (tertiary/aromatic N) is 1. The first-order chi connectivity index (χ1) is 10.3. The summed E-state index contributed by atoms with van der Waals surface area (Å²) in [6.45, 7) is 3.76. The van der Waals surface area contributed by atoms with Crippen LogP contribution in [0.1, 0.15) is 44.9 Å². The van der Waals surface area contributed by atoms with E-state index in [-0.39, 0.29) is 18.6 Å². The van der Waals surface area contributed by atoms with Crippen LogP contribution in [0.15, 0.2) is 0 Å². The van der Waals surface area contributed by atoms with Crippen LogP contribution in [0.4, 0.5) is 0 Å². The van der Waals surface area contributed by atoms with Gasteiger partial charge in [-0.2, -0.15) is 0 Å². The largest absolute Gasteiger partial charge is 0.373 e. The van der Waals surface area contributed by atoms with Gasteiger partial charge in [-0.25, -0.2) is 0 Å². The van der Waals surface area contributed by atoms with Gasteiger partial charge in [-0.05, 0) is 32.2 Å². The Hall–Kier alpha value is -0.650. The van der Waals surface area contributed by atoms with E-state index in [0.29, 0.717) is 18.7 Å². The van der Waals surface area contributed by atoms with Gasteiger partial charge >= 0.3 is 0 Å². The summed E-state index contributed by atoms with van der Waals surface area (Å²) in [5, 5.41) is 2.96. The van der Waals surface area contributed by atoms with Crippen molar-refractivity contribution in [1.29, 1.82) is 0 Å². The monoisotopic (exact) mass is 296 g/mol. The Morgan fingerprint density at radius 1 is 1.19 bits per heavy atom. The van der Waals surface area contributed by atoms with Crippen molar-refractivity contribution in [1.82, 2.24) is 10.2 Å². The van der Waals surface area contributed by atoms with Crippen LogP contribution in [0.25, 0.3) is 0 Å². The maximum absolute atomic E-state index is 11.9. The molecule has 2 heterocycles. The van der Waals surface area contributed by atoms with Gasteiger partial charge in [-0.3, -0.25) is 9.69 Å². The molecule has 0 unspecified atom stereocenters. The number of ether oxygens (including phenoxy) is 2. The molecular weight excluding hydrogens is 268 g/mol. The molecule has 3 fully saturated rings. The van der Waals surface area contributed by atoms with Gasteiger partial charge in [0.15, 0.2) is 0 Å². The highest BCUT2D eigenvalue weighted by molar-refractivity contribution is 5.77. The maximum Gasteiger partial charge on any atom is 0.246 e. The van der Waals surface area contributed by atoms with Crippen molar-refractivity contribution >= 4 is 5.91 Å². The Morgan fingerprint density at radius 2 is 2.05 bits per heavy atom. The van der Waals surface area contributed by atoms with E-state index in [2.05, 4.69) is 10.2 Å². The smallest absolute Gasteiger partial charge is 0.246 e. The fraction of sp³-hybridized carbons (Fsp3) is 0.938. The van der Waals surface area contributed by atoms with Crippen molar-refractivity contribution in [3.63, 3.8) is 0 Å². The number of morpholine rings is 1. The summed E-state index contributed by atoms with van der Waals surface area (Å²) in [4.78, 5) is 14.3. The standard InChI is InChI=1S/C16H28N2O3/c19-16(12-21-14-6-2-1-3-7-14)17-9-15-10-18-8-4-5-13(18)11-20-15/h13-15H,1-12H2,(H,17,19)/t13-,15-/m1/s1. The minimum atomic E-state index is -0.00674. The lowest BCUT2D eigenvalue weighted by Crippen LogP contribution is -2.50. The van der Waals surface area contributed by atoms with Crippen molar-refractivity contribution in [3.8, 4) is 0 Å². The molecule has 0 aromatic heterocycles. The van der Waals surface area contributed by atoms with E-state index in [1.807, 2.05) is 0 Å². The highest BCUT2D eigenvalue weighted by Crippen LogP contribution is 2.22. The summed E-state index contributed by atoms with van der Waals surface area (Å²) in [7, 11) is 0. The number of fused-ring (bicyclic) bond motifs is 1. The van der Waals surface area contributed by atoms with Crippen molar-refractivity contribution in [3.05, 3.63) is 0 Å². The van der Waals surface area contributed by atoms with E-state index < -0.39 is 0 Å². The SMILES string of the molecule is O=C(COC1CCCCC1)NC[C@@H]1CN2CCC[C@@H]2CO1. The van der Waals surface area contributed by atoms with Crippen molar-refractivity contribution in [2.24, 2.45) is 0 Å². The third-order valence-electron chi connectivity index (χ3n) is 4.99. The molecule has 0 aromatic carbocycles. The zero-order valence-corrected chi connectivity index (χ0v) is 12.9. The molecule has 5 nitrogen and oxygen atoms in total. The van der Waals surface area contributed by atoms with Gasteiger partial charge in [-0.1, -0.05) is 19.3 Å². The normalized spacial score (nSPS) is 31.0. The molecule has 1 aliphatic carbocycles. The minimum Gasteiger partial charge on any atom is -0.373 e. The first-order valence-electron chi connectivity index (χ1n) is 8.55. The second-order valence-corrected chi connectivity index (χ2v) is 6.62. The second-order valence-electron chi connectivity index (χ2n) is 6.62. The van der Waals surface area contributed by atoms with Crippen molar-refractivity contribution in [2.45, 2.75) is 63.2 Å². The molecule has 0 bridgehead atoms. The summed E-state index contributed by atoms with van der Waals surface area (Å²) < 4.78 is 11.5. The van der Waals surface area contributed by atoms with Crippen LogP contribution in [0.5, 0.6) is 0 Å². The predicted octanol–water partition coefficient (Wildman–Crippen LogP) is 1.32. The van der Waals surface area contributed by atoms with Crippen molar-refractivity contribution < 1.29 is 14.3 Å². The number of nitrogens with one attached hydrogen (secondary N) is 1. The Balaban J connectivity index is 1.30. The molecule has 2 atom stereocenters. The van der Waals surface area contributed by atoms with Crippen LogP contribution >= 0.6 is 0 Å². The van der Waals surface area contributed by atoms with Crippen LogP contribution in [-0.2, 0) is 14.3 Å². The molecule has 3 aliphatic rings. The molecule has 0 spiro atoms. The number of hydrogen-bond acceptors (Lipinski definition) is 4. The molecule has 3 rings (SSSR count). The second kappa shape index (κ2) is 7.56. The Bertz CT molecular complexity index is 344. The molecule has 0 aromatic rings. The highest BCUT2D eigenvalue weighted by Gasteiger charge is 2.32. The lowest BCUT2D eigenvalue weighted by atomic mass is 9.98. The van der Waals surface area contributed by atoms with Gasteiger partial charge in [0.25, 0.3) is 0 Å². The summed E-state index contributed by atoms with van der Waals surface area (Å²) >= 11 is 0. The van der Waals surface area contributed by atoms with E-state index in [9.17, 15) is 4.79 Å². The molecular formula is C16H28N2O3. The lowest BCUT2D eigenvalue weighted by Gasteiger charge is -2.35. The minimum absolute atomic E-state index is 0.00674. The van der Waals surface area contributed by atoms with Crippen LogP contribution in [0, 0.1) is 0 Å². The summed E-state index contributed by atoms with van der Waals surface area (Å²) in [5.74, 6) is -0.00674. The first-order valence-corrected chi connectivity index (χ1v) is 8.55. The Morgan fingerprint density at radius 3 is 2.90 bits per heavy atom. The molecule has 1 N–H and O–H groups in total. The van der Waals surface area contributed by atoms with Crippen LogP contribution < -0.4 is 5.32 Å². The molecule has 120 valence electrons. The van der Waals surface area contributed by atoms with Gasteiger partial charge in [0.1, 0.15) is 6.61 Å². The van der Waals surface area contributed by atoms with E-state index in [1.165, 1.54) is 38.6 Å². The fourth-order valence-corrected chi connectivity index (χ4v) is 3.71. The first kappa shape index (κ1) is 15.3. The summed E-state index contributed by atoms with van der Waals surface area (Å²) in [6.07, 6.45) is 8.96. The molecule has 5 heteroatoms. The number of carbonyl (C=O) groups is 1. The predicted molar refractivity (Wildman–Crippen MR) is 80.2 cm³/mol. The third kappa shape index (κ3) is 4.41. The molecule has 1 saturated carbocycles. The van der Waals surface area contributed by atoms with E-state index >= 15 is 0 Å². The van der Waals surface area contributed by atoms with E-state index in [0.717, 1.165) is 26.0 Å². The van der Waals surface area contributed by atoms with Crippen LogP contribution in [-0.4, -0.2) is 61.9 Å². The Labute approximate surface area is 127 Å². The number of hydrogen-bond donors (Lipinski definition) is 1. The van der Waals surface area contributed by atoms with E-state index in [4.69, 9.17) is 9.47 Å². The molecule has 0 radical (unpaired) electrons. The zero-order valence-electron chi connectivity index (χ0n) is 12.9. The average molecular weight is 296 g/mol. The third-order valence-corrected chi connectivity index (χ3v) is 4.99. The number of amides is 1. The summed E-state index contributed by atoms with van der Waals surface area (Å²) in [6, 6.07) is 0.617.